The van der Waals surface area contributed by atoms with E-state index in [1.165, 1.54) is 21.1 Å². The molecule has 0 saturated heterocycles. The zero-order valence-electron chi connectivity index (χ0n) is 6.40. The van der Waals surface area contributed by atoms with E-state index in [2.05, 4.69) is 4.84 Å². The van der Waals surface area contributed by atoms with Crippen LogP contribution in [0.15, 0.2) is 0 Å². The molecule has 0 unspecified atom stereocenters. The van der Waals surface area contributed by atoms with Crippen LogP contribution in [-0.2, 0) is 9.63 Å². The summed E-state index contributed by atoms with van der Waals surface area (Å²) in [5.74, 6) is -2.18. The van der Waals surface area contributed by atoms with Crippen molar-refractivity contribution in [3.63, 3.8) is 0 Å². The third kappa shape index (κ3) is 4.60. The Bertz CT molecular complexity index is 158. The van der Waals surface area contributed by atoms with Gasteiger partial charge < -0.3 is 0 Å². The first kappa shape index (κ1) is 10.2. The average Bonchev–Trinajstić information content (AvgIpc) is 1.56. The van der Waals surface area contributed by atoms with Gasteiger partial charge >= 0.3 is 12.1 Å². The van der Waals surface area contributed by atoms with E-state index in [9.17, 15) is 18.0 Å². The number of alkyl halides is 3. The van der Waals surface area contributed by atoms with E-state index in [4.69, 9.17) is 0 Å². The zero-order chi connectivity index (χ0) is 9.28. The number of hydroxylamine groups is 3. The Balaban J connectivity index is 4.11. The zero-order valence-corrected chi connectivity index (χ0v) is 6.40. The van der Waals surface area contributed by atoms with Gasteiger partial charge in [0.2, 0.25) is 0 Å². The normalized spacial score (nSPS) is 12.9. The highest BCUT2D eigenvalue weighted by Crippen LogP contribution is 2.17. The lowest BCUT2D eigenvalue weighted by atomic mass is 10.7. The molecule has 0 N–H and O–H groups in total. The number of hydrogen-bond acceptors (Lipinski definition) is 2. The molecule has 6 heteroatoms. The lowest BCUT2D eigenvalue weighted by Crippen LogP contribution is -2.41. The molecule has 0 aliphatic rings. The van der Waals surface area contributed by atoms with Crippen LogP contribution in [0.4, 0.5) is 13.2 Å². The Labute approximate surface area is 61.9 Å². The summed E-state index contributed by atoms with van der Waals surface area (Å²) >= 11 is 0. The molecule has 0 aromatic carbocycles. The molecule has 0 fully saturated rings. The Kier molecular flexibility index (Phi) is 2.50. The maximum Gasteiger partial charge on any atom is 0.497 e. The molecule has 0 bridgehead atoms. The molecular weight excluding hydrogens is 163 g/mol. The van der Waals surface area contributed by atoms with Crippen LogP contribution in [0.25, 0.3) is 0 Å². The van der Waals surface area contributed by atoms with Crippen molar-refractivity contribution in [1.29, 1.82) is 0 Å². The average molecular weight is 172 g/mol. The van der Waals surface area contributed by atoms with E-state index in [0.717, 1.165) is 0 Å². The summed E-state index contributed by atoms with van der Waals surface area (Å²) < 4.78 is 34.0. The molecule has 0 saturated carbocycles. The topological polar surface area (TPSA) is 26.3 Å². The summed E-state index contributed by atoms with van der Waals surface area (Å²) in [4.78, 5) is 14.1. The van der Waals surface area contributed by atoms with E-state index in [1.54, 1.807) is 0 Å². The van der Waals surface area contributed by atoms with Crippen LogP contribution in [0, 0.1) is 0 Å². The first-order valence-corrected chi connectivity index (χ1v) is 2.75. The second kappa shape index (κ2) is 2.69. The Morgan fingerprint density at radius 2 is 1.64 bits per heavy atom. The number of carbonyl (C=O) groups is 1. The van der Waals surface area contributed by atoms with Crippen molar-refractivity contribution in [2.45, 2.75) is 6.18 Å². The molecule has 0 radical (unpaired) electrons. The van der Waals surface area contributed by atoms with Crippen molar-refractivity contribution in [3.8, 4) is 0 Å². The lowest BCUT2D eigenvalue weighted by Gasteiger charge is -2.20. The van der Waals surface area contributed by atoms with Crippen LogP contribution in [0.3, 0.4) is 0 Å². The smallest absolute Gasteiger partial charge is 0.267 e. The Morgan fingerprint density at radius 1 is 1.27 bits per heavy atom. The second-order valence-corrected chi connectivity index (χ2v) is 2.77. The highest BCUT2D eigenvalue weighted by atomic mass is 19.4. The van der Waals surface area contributed by atoms with Gasteiger partial charge in [0.25, 0.3) is 0 Å². The number of halogens is 3. The number of carbonyl (C=O) groups excluding carboxylic acids is 1. The minimum absolute atomic E-state index is 0.502. The van der Waals surface area contributed by atoms with Crippen molar-refractivity contribution >= 4 is 5.97 Å². The van der Waals surface area contributed by atoms with Crippen LogP contribution in [0.5, 0.6) is 0 Å². The van der Waals surface area contributed by atoms with E-state index in [0.29, 0.717) is 0 Å². The molecule has 0 spiro atoms. The summed E-state index contributed by atoms with van der Waals surface area (Å²) in [5.41, 5.74) is 0. The minimum Gasteiger partial charge on any atom is -0.267 e. The summed E-state index contributed by atoms with van der Waals surface area (Å²) in [7, 11) is 3.93. The summed E-state index contributed by atoms with van der Waals surface area (Å²) in [6.07, 6.45) is -4.91. The van der Waals surface area contributed by atoms with E-state index >= 15 is 0 Å². The van der Waals surface area contributed by atoms with Gasteiger partial charge in [0, 0.05) is 0 Å². The molecule has 0 aliphatic heterocycles. The number of quaternary nitrogens is 1. The SMILES string of the molecule is C[N+](C)(C)OC(=O)C(F)(F)F. The van der Waals surface area contributed by atoms with Crippen molar-refractivity contribution in [1.82, 2.24) is 0 Å². The minimum atomic E-state index is -4.91. The van der Waals surface area contributed by atoms with Gasteiger partial charge in [-0.2, -0.15) is 13.2 Å². The highest BCUT2D eigenvalue weighted by molar-refractivity contribution is 5.74. The Hall–Kier alpha value is -0.780. The lowest BCUT2D eigenvalue weighted by molar-refractivity contribution is -1.04. The summed E-state index contributed by atoms with van der Waals surface area (Å²) in [5, 5.41) is 0. The van der Waals surface area contributed by atoms with Crippen molar-refractivity contribution < 1.29 is 27.4 Å². The van der Waals surface area contributed by atoms with Crippen LogP contribution in [0.2, 0.25) is 0 Å². The molecule has 0 aromatic heterocycles. The molecule has 0 aromatic rings. The van der Waals surface area contributed by atoms with Crippen LogP contribution in [-0.4, -0.2) is 37.9 Å². The van der Waals surface area contributed by atoms with Crippen LogP contribution >= 0.6 is 0 Å². The van der Waals surface area contributed by atoms with Gasteiger partial charge in [-0.25, -0.2) is 4.79 Å². The number of hydrogen-bond donors (Lipinski definition) is 0. The largest absolute Gasteiger partial charge is 0.497 e. The predicted octanol–water partition coefficient (Wildman–Crippen LogP) is 0.713. The third-order valence-corrected chi connectivity index (χ3v) is 0.588. The molecule has 0 amide bonds. The van der Waals surface area contributed by atoms with Gasteiger partial charge in [-0.15, -0.1) is 4.65 Å². The van der Waals surface area contributed by atoms with Gasteiger partial charge in [0.05, 0.1) is 0 Å². The van der Waals surface area contributed by atoms with E-state index < -0.39 is 16.8 Å². The molecule has 11 heavy (non-hydrogen) atoms. The maximum absolute atomic E-state index is 11.5. The molecule has 0 aliphatic carbocycles. The fraction of sp³-hybridized carbons (Fsp3) is 0.800. The number of nitrogens with zero attached hydrogens (tertiary/aromatic N) is 1. The van der Waals surface area contributed by atoms with Gasteiger partial charge in [0.1, 0.15) is 21.1 Å². The maximum atomic E-state index is 11.5. The monoisotopic (exact) mass is 172 g/mol. The highest BCUT2D eigenvalue weighted by Gasteiger charge is 2.44. The summed E-state index contributed by atoms with van der Waals surface area (Å²) in [6, 6.07) is 0. The fourth-order valence-electron chi connectivity index (χ4n) is 0.300. The molecule has 3 nitrogen and oxygen atoms in total. The van der Waals surface area contributed by atoms with Gasteiger partial charge in [-0.05, 0) is 0 Å². The first-order valence-electron chi connectivity index (χ1n) is 2.75. The first-order chi connectivity index (χ1) is 4.63. The van der Waals surface area contributed by atoms with E-state index in [1.807, 2.05) is 0 Å². The molecule has 0 atom stereocenters. The van der Waals surface area contributed by atoms with Crippen LogP contribution in [0.1, 0.15) is 0 Å². The molecule has 66 valence electrons. The molecule has 0 heterocycles. The fourth-order valence-corrected chi connectivity index (χ4v) is 0.300. The molecule has 0 rings (SSSR count). The standard InChI is InChI=1S/C5H9F3NO2/c1-9(2,3)11-4(10)5(6,7)8/h1-3H3/q+1. The predicted molar refractivity (Wildman–Crippen MR) is 30.2 cm³/mol. The quantitative estimate of drug-likeness (QED) is 0.430. The third-order valence-electron chi connectivity index (χ3n) is 0.588. The molecular formula is C5H9F3NO2+. The van der Waals surface area contributed by atoms with Crippen molar-refractivity contribution in [3.05, 3.63) is 0 Å². The summed E-state index contributed by atoms with van der Waals surface area (Å²) in [6.45, 7) is 0. The Morgan fingerprint density at radius 3 is 1.73 bits per heavy atom. The van der Waals surface area contributed by atoms with Gasteiger partial charge in [-0.1, -0.05) is 0 Å². The number of rotatable bonds is 1. The van der Waals surface area contributed by atoms with Gasteiger partial charge in [0.15, 0.2) is 0 Å². The second-order valence-electron chi connectivity index (χ2n) is 2.77. The van der Waals surface area contributed by atoms with Gasteiger partial charge in [-0.3, -0.25) is 4.84 Å². The van der Waals surface area contributed by atoms with E-state index in [-0.39, 0.29) is 0 Å². The van der Waals surface area contributed by atoms with Crippen molar-refractivity contribution in [2.75, 3.05) is 21.1 Å². The van der Waals surface area contributed by atoms with Crippen LogP contribution < -0.4 is 0 Å². The van der Waals surface area contributed by atoms with Crippen molar-refractivity contribution in [2.24, 2.45) is 0 Å².